The van der Waals surface area contributed by atoms with E-state index in [1.54, 1.807) is 61.2 Å². The quantitative estimate of drug-likeness (QED) is 0.514. The monoisotopic (exact) mass is 492 g/mol. The van der Waals surface area contributed by atoms with Gasteiger partial charge in [-0.1, -0.05) is 0 Å². The fourth-order valence-electron chi connectivity index (χ4n) is 3.94. The molecule has 2 aromatic carbocycles. The lowest BCUT2D eigenvalue weighted by Gasteiger charge is -2.30. The van der Waals surface area contributed by atoms with E-state index in [1.165, 1.54) is 0 Å². The summed E-state index contributed by atoms with van der Waals surface area (Å²) < 4.78 is 10.6. The van der Waals surface area contributed by atoms with E-state index in [1.807, 2.05) is 32.0 Å². The van der Waals surface area contributed by atoms with Crippen molar-refractivity contribution in [3.05, 3.63) is 70.9 Å². The van der Waals surface area contributed by atoms with Crippen LogP contribution in [0.1, 0.15) is 27.2 Å². The molecule has 1 aliphatic rings. The van der Waals surface area contributed by atoms with Crippen LogP contribution in [-0.2, 0) is 6.54 Å². The molecule has 182 valence electrons. The maximum Gasteiger partial charge on any atom is 0.326 e. The molecule has 0 radical (unpaired) electrons. The number of carbonyl (C=O) groups is 2. The van der Waals surface area contributed by atoms with Crippen LogP contribution in [0.3, 0.4) is 0 Å². The first-order valence-corrected chi connectivity index (χ1v) is 12.2. The van der Waals surface area contributed by atoms with Crippen LogP contribution in [0.15, 0.2) is 53.6 Å². The van der Waals surface area contributed by atoms with Crippen LogP contribution < -0.4 is 25.0 Å². The van der Waals surface area contributed by atoms with E-state index >= 15 is 0 Å². The minimum absolute atomic E-state index is 0.218. The van der Waals surface area contributed by atoms with Crippen LogP contribution in [0.2, 0.25) is 0 Å². The van der Waals surface area contributed by atoms with E-state index in [2.05, 4.69) is 15.6 Å². The van der Waals surface area contributed by atoms with Gasteiger partial charge in [-0.15, -0.1) is 11.8 Å². The lowest BCUT2D eigenvalue weighted by molar-refractivity contribution is 0.0950. The Hall–Kier alpha value is -3.72. The zero-order chi connectivity index (χ0) is 24.9. The van der Waals surface area contributed by atoms with Crippen molar-refractivity contribution in [3.63, 3.8) is 0 Å². The molecule has 3 amide bonds. The molecule has 8 nitrogen and oxygen atoms in total. The molecule has 1 aliphatic heterocycles. The third-order valence-corrected chi connectivity index (χ3v) is 6.62. The normalized spacial score (nSPS) is 12.5. The molecule has 0 saturated heterocycles. The molecule has 0 fully saturated rings. The first kappa shape index (κ1) is 24.4. The van der Waals surface area contributed by atoms with E-state index < -0.39 is 0 Å². The molecule has 0 unspecified atom stereocenters. The number of urea groups is 1. The number of nitrogens with zero attached hydrogens (tertiary/aromatic N) is 2. The highest BCUT2D eigenvalue weighted by molar-refractivity contribution is 7.99. The lowest BCUT2D eigenvalue weighted by atomic mass is 10.1. The van der Waals surface area contributed by atoms with Gasteiger partial charge in [-0.05, 0) is 61.9 Å². The van der Waals surface area contributed by atoms with Gasteiger partial charge in [0.15, 0.2) is 0 Å². The van der Waals surface area contributed by atoms with Crippen LogP contribution in [0.4, 0.5) is 16.2 Å². The second-order valence-electron chi connectivity index (χ2n) is 8.10. The molecular formula is C26H28N4O4S. The predicted octanol–water partition coefficient (Wildman–Crippen LogP) is 4.79. The van der Waals surface area contributed by atoms with Crippen LogP contribution in [0, 0.1) is 13.8 Å². The maximum absolute atomic E-state index is 13.0. The first-order valence-electron chi connectivity index (χ1n) is 11.2. The van der Waals surface area contributed by atoms with Crippen molar-refractivity contribution in [2.45, 2.75) is 25.4 Å². The van der Waals surface area contributed by atoms with Crippen molar-refractivity contribution in [1.82, 2.24) is 10.3 Å². The Morgan fingerprint density at radius 1 is 1.06 bits per heavy atom. The summed E-state index contributed by atoms with van der Waals surface area (Å²) in [5.41, 5.74) is 4.76. The fraction of sp³-hybridized carbons (Fsp3) is 0.269. The second-order valence-corrected chi connectivity index (χ2v) is 9.19. The van der Waals surface area contributed by atoms with Crippen molar-refractivity contribution in [1.29, 1.82) is 0 Å². The van der Waals surface area contributed by atoms with Crippen molar-refractivity contribution in [3.8, 4) is 11.5 Å². The molecule has 0 spiro atoms. The van der Waals surface area contributed by atoms with Gasteiger partial charge in [0, 0.05) is 47.4 Å². The van der Waals surface area contributed by atoms with E-state index in [0.29, 0.717) is 35.8 Å². The molecule has 3 aromatic rings. The minimum Gasteiger partial charge on any atom is -0.497 e. The minimum atomic E-state index is -0.222. The highest BCUT2D eigenvalue weighted by Gasteiger charge is 2.26. The number of ether oxygens (including phenoxy) is 2. The Morgan fingerprint density at radius 3 is 2.54 bits per heavy atom. The molecular weight excluding hydrogens is 464 g/mol. The molecule has 35 heavy (non-hydrogen) atoms. The Bertz CT molecular complexity index is 1250. The summed E-state index contributed by atoms with van der Waals surface area (Å²) in [6, 6.07) is 14.0. The molecule has 0 aliphatic carbocycles. The van der Waals surface area contributed by atoms with Crippen LogP contribution in [-0.4, -0.2) is 43.4 Å². The molecule has 0 atom stereocenters. The zero-order valence-electron chi connectivity index (χ0n) is 20.2. The largest absolute Gasteiger partial charge is 0.497 e. The van der Waals surface area contributed by atoms with Gasteiger partial charge in [-0.25, -0.2) is 9.78 Å². The summed E-state index contributed by atoms with van der Waals surface area (Å²) in [7, 11) is 3.17. The summed E-state index contributed by atoms with van der Waals surface area (Å²) in [4.78, 5) is 32.0. The summed E-state index contributed by atoms with van der Waals surface area (Å²) in [6.45, 7) is 4.86. The van der Waals surface area contributed by atoms with Gasteiger partial charge in [0.2, 0.25) is 0 Å². The molecule has 9 heteroatoms. The Morgan fingerprint density at radius 2 is 1.83 bits per heavy atom. The number of hydrogen-bond donors (Lipinski definition) is 2. The van der Waals surface area contributed by atoms with Gasteiger partial charge in [-0.3, -0.25) is 9.69 Å². The molecule has 0 saturated carbocycles. The standard InChI is InChI=1S/C26H28N4O4S/c1-16-13-17(2)28-25-23(16)30(11-12-35-25)26(32)29-20-8-5-18(6-9-20)24(31)27-15-19-7-10-21(33-3)14-22(19)34-4/h5-10,13-14H,11-12,15H2,1-4H3,(H,27,31)(H,29,32). The fourth-order valence-corrected chi connectivity index (χ4v) is 5.03. The third-order valence-electron chi connectivity index (χ3n) is 5.68. The summed E-state index contributed by atoms with van der Waals surface area (Å²) in [5.74, 6) is 1.89. The van der Waals surface area contributed by atoms with Crippen LogP contribution in [0.5, 0.6) is 11.5 Å². The number of pyridine rings is 1. The average molecular weight is 493 g/mol. The zero-order valence-corrected chi connectivity index (χ0v) is 21.0. The number of fused-ring (bicyclic) bond motifs is 1. The third kappa shape index (κ3) is 5.51. The van der Waals surface area contributed by atoms with Crippen molar-refractivity contribution >= 4 is 35.1 Å². The smallest absolute Gasteiger partial charge is 0.326 e. The Balaban J connectivity index is 1.39. The number of nitrogens with one attached hydrogen (secondary N) is 2. The molecule has 1 aromatic heterocycles. The van der Waals surface area contributed by atoms with Gasteiger partial charge < -0.3 is 20.1 Å². The van der Waals surface area contributed by atoms with Gasteiger partial charge in [0.05, 0.1) is 19.9 Å². The number of methoxy groups -OCH3 is 2. The number of amides is 3. The Labute approximate surface area is 209 Å². The van der Waals surface area contributed by atoms with Crippen LogP contribution >= 0.6 is 11.8 Å². The van der Waals surface area contributed by atoms with Crippen molar-refractivity contribution in [2.24, 2.45) is 0 Å². The molecule has 2 heterocycles. The SMILES string of the molecule is COc1ccc(CNC(=O)c2ccc(NC(=O)N3CCSc4nc(C)cc(C)c43)cc2)c(OC)c1. The molecule has 4 rings (SSSR count). The topological polar surface area (TPSA) is 92.8 Å². The average Bonchev–Trinajstić information content (AvgIpc) is 2.87. The number of rotatable bonds is 6. The summed E-state index contributed by atoms with van der Waals surface area (Å²) >= 11 is 1.67. The number of hydrogen-bond acceptors (Lipinski definition) is 6. The van der Waals surface area contributed by atoms with Crippen LogP contribution in [0.25, 0.3) is 0 Å². The number of thioether (sulfide) groups is 1. The highest BCUT2D eigenvalue weighted by Crippen LogP contribution is 2.36. The summed E-state index contributed by atoms with van der Waals surface area (Å²) in [5, 5.41) is 6.71. The number of aryl methyl sites for hydroxylation is 2. The first-order chi connectivity index (χ1) is 16.9. The van der Waals surface area contributed by atoms with Gasteiger partial charge >= 0.3 is 6.03 Å². The number of benzene rings is 2. The van der Waals surface area contributed by atoms with Crippen molar-refractivity contribution in [2.75, 3.05) is 36.7 Å². The number of carbonyl (C=O) groups excluding carboxylic acids is 2. The van der Waals surface area contributed by atoms with Gasteiger partial charge in [-0.2, -0.15) is 0 Å². The van der Waals surface area contributed by atoms with E-state index in [-0.39, 0.29) is 11.9 Å². The molecule has 2 N–H and O–H groups in total. The highest BCUT2D eigenvalue weighted by atomic mass is 32.2. The lowest BCUT2D eigenvalue weighted by Crippen LogP contribution is -2.39. The van der Waals surface area contributed by atoms with Crippen molar-refractivity contribution < 1.29 is 19.1 Å². The number of aromatic nitrogens is 1. The number of anilines is 2. The van der Waals surface area contributed by atoms with E-state index in [0.717, 1.165) is 33.3 Å². The van der Waals surface area contributed by atoms with Gasteiger partial charge in [0.1, 0.15) is 16.5 Å². The maximum atomic E-state index is 13.0. The van der Waals surface area contributed by atoms with E-state index in [9.17, 15) is 9.59 Å². The molecule has 0 bridgehead atoms. The predicted molar refractivity (Wildman–Crippen MR) is 138 cm³/mol. The Kier molecular flexibility index (Phi) is 7.45. The summed E-state index contributed by atoms with van der Waals surface area (Å²) in [6.07, 6.45) is 0. The van der Waals surface area contributed by atoms with Gasteiger partial charge in [0.25, 0.3) is 5.91 Å². The van der Waals surface area contributed by atoms with E-state index in [4.69, 9.17) is 9.47 Å². The second kappa shape index (κ2) is 10.7.